The molecular formula is C11H15ClN2O3S. The fourth-order valence-electron chi connectivity index (χ4n) is 1.02. The highest BCUT2D eigenvalue weighted by Gasteiger charge is 2.27. The van der Waals surface area contributed by atoms with Gasteiger partial charge in [-0.15, -0.1) is 0 Å². The highest BCUT2D eigenvalue weighted by Crippen LogP contribution is 2.29. The Morgan fingerprint density at radius 3 is 2.61 bits per heavy atom. The van der Waals surface area contributed by atoms with E-state index >= 15 is 0 Å². The molecule has 1 unspecified atom stereocenters. The van der Waals surface area contributed by atoms with Gasteiger partial charge in [-0.25, -0.2) is 9.52 Å². The zero-order valence-corrected chi connectivity index (χ0v) is 11.9. The van der Waals surface area contributed by atoms with Crippen LogP contribution in [0.2, 0.25) is 5.02 Å². The first-order valence-electron chi connectivity index (χ1n) is 5.15. The Bertz CT molecular complexity index is 448. The van der Waals surface area contributed by atoms with Crippen molar-refractivity contribution in [3.63, 3.8) is 0 Å². The lowest BCUT2D eigenvalue weighted by molar-refractivity contribution is 0.211. The highest BCUT2D eigenvalue weighted by atomic mass is 35.5. The van der Waals surface area contributed by atoms with Gasteiger partial charge in [0.1, 0.15) is 16.2 Å². The van der Waals surface area contributed by atoms with Crippen LogP contribution in [0.5, 0.6) is 5.75 Å². The number of ether oxygens (including phenoxy) is 1. The summed E-state index contributed by atoms with van der Waals surface area (Å²) in [5, 5.41) is 0.379. The van der Waals surface area contributed by atoms with E-state index in [1.54, 1.807) is 0 Å². The maximum absolute atomic E-state index is 11.9. The number of halogens is 1. The fourth-order valence-corrected chi connectivity index (χ4v) is 1.91. The second-order valence-electron chi connectivity index (χ2n) is 4.55. The summed E-state index contributed by atoms with van der Waals surface area (Å²) >= 11 is 4.63. The van der Waals surface area contributed by atoms with Crippen LogP contribution in [-0.2, 0) is 11.4 Å². The molecule has 1 aromatic rings. The zero-order valence-electron chi connectivity index (χ0n) is 10.3. The van der Waals surface area contributed by atoms with Crippen molar-refractivity contribution in [3.8, 4) is 5.75 Å². The molecule has 0 radical (unpaired) electrons. The van der Waals surface area contributed by atoms with E-state index in [0.29, 0.717) is 10.7 Å². The van der Waals surface area contributed by atoms with Gasteiger partial charge >= 0.3 is 6.09 Å². The molecule has 0 aliphatic carbocycles. The maximum atomic E-state index is 11.9. The molecule has 100 valence electrons. The number of nitrogens with two attached hydrogens (primary N) is 1. The third kappa shape index (κ3) is 4.29. The minimum Gasteiger partial charge on any atom is -0.593 e. The van der Waals surface area contributed by atoms with Gasteiger partial charge in [-0.1, -0.05) is 11.6 Å². The summed E-state index contributed by atoms with van der Waals surface area (Å²) in [6.07, 6.45) is -0.916. The Hall–Kier alpha value is -1.11. The summed E-state index contributed by atoms with van der Waals surface area (Å²) in [6.45, 7) is 5.48. The summed E-state index contributed by atoms with van der Waals surface area (Å²) in [5.41, 5.74) is 5.33. The van der Waals surface area contributed by atoms with E-state index in [-0.39, 0.29) is 5.75 Å². The number of nitrogens with one attached hydrogen (secondary N) is 1. The van der Waals surface area contributed by atoms with E-state index in [1.807, 2.05) is 20.8 Å². The van der Waals surface area contributed by atoms with Crippen LogP contribution in [-0.4, -0.2) is 15.4 Å². The zero-order chi connectivity index (χ0) is 13.9. The topological polar surface area (TPSA) is 87.4 Å². The molecule has 0 spiro atoms. The lowest BCUT2D eigenvalue weighted by Crippen LogP contribution is -2.33. The van der Waals surface area contributed by atoms with Crippen LogP contribution in [0.1, 0.15) is 20.8 Å². The number of anilines is 1. The van der Waals surface area contributed by atoms with Crippen molar-refractivity contribution < 1.29 is 14.1 Å². The van der Waals surface area contributed by atoms with Crippen molar-refractivity contribution in [1.82, 2.24) is 0 Å². The van der Waals surface area contributed by atoms with Gasteiger partial charge in [-0.05, 0) is 32.9 Å². The van der Waals surface area contributed by atoms with Crippen molar-refractivity contribution >= 4 is 34.7 Å². The van der Waals surface area contributed by atoms with Gasteiger partial charge < -0.3 is 15.0 Å². The van der Waals surface area contributed by atoms with Gasteiger partial charge in [0, 0.05) is 6.07 Å². The van der Waals surface area contributed by atoms with Gasteiger partial charge in [-0.3, -0.25) is 0 Å². The molecule has 5 nitrogen and oxygen atoms in total. The van der Waals surface area contributed by atoms with E-state index in [9.17, 15) is 9.35 Å². The summed E-state index contributed by atoms with van der Waals surface area (Å²) in [5.74, 6) is 0.236. The van der Waals surface area contributed by atoms with Gasteiger partial charge in [-0.2, -0.15) is 0 Å². The second kappa shape index (κ2) is 5.69. The van der Waals surface area contributed by atoms with Gasteiger partial charge in [0.15, 0.2) is 0 Å². The van der Waals surface area contributed by atoms with Crippen LogP contribution in [0.15, 0.2) is 18.2 Å². The summed E-state index contributed by atoms with van der Waals surface area (Å²) in [4.78, 5) is 10.6. The van der Waals surface area contributed by atoms with Crippen molar-refractivity contribution in [3.05, 3.63) is 23.2 Å². The average molecular weight is 291 g/mol. The minimum absolute atomic E-state index is 0.236. The van der Waals surface area contributed by atoms with Crippen LogP contribution in [0, 0.1) is 0 Å². The van der Waals surface area contributed by atoms with Crippen molar-refractivity contribution in [2.24, 2.45) is 5.73 Å². The number of amides is 1. The molecule has 0 aliphatic heterocycles. The molecule has 0 saturated heterocycles. The van der Waals surface area contributed by atoms with Crippen LogP contribution >= 0.6 is 11.6 Å². The van der Waals surface area contributed by atoms with Gasteiger partial charge in [0.25, 0.3) is 0 Å². The molecule has 1 rings (SSSR count). The predicted octanol–water partition coefficient (Wildman–Crippen LogP) is 2.67. The largest absolute Gasteiger partial charge is 0.593 e. The Kier molecular flexibility index (Phi) is 4.72. The molecule has 0 aromatic heterocycles. The second-order valence-corrected chi connectivity index (χ2v) is 6.92. The van der Waals surface area contributed by atoms with Gasteiger partial charge in [0.2, 0.25) is 0 Å². The van der Waals surface area contributed by atoms with E-state index in [1.165, 1.54) is 18.2 Å². The first kappa shape index (κ1) is 14.9. The molecule has 1 atom stereocenters. The summed E-state index contributed by atoms with van der Waals surface area (Å²) in [6, 6.07) is 4.50. The molecule has 3 N–H and O–H groups in total. The van der Waals surface area contributed by atoms with Crippen molar-refractivity contribution in [2.45, 2.75) is 25.5 Å². The first-order chi connectivity index (χ1) is 8.20. The molecule has 1 amide bonds. The number of benzene rings is 1. The van der Waals surface area contributed by atoms with Crippen LogP contribution in [0.3, 0.4) is 0 Å². The van der Waals surface area contributed by atoms with E-state index in [0.717, 1.165) is 0 Å². The van der Waals surface area contributed by atoms with Crippen LogP contribution < -0.4 is 15.2 Å². The predicted molar refractivity (Wildman–Crippen MR) is 73.2 cm³/mol. The van der Waals surface area contributed by atoms with Crippen molar-refractivity contribution in [2.75, 3.05) is 4.72 Å². The molecule has 0 bridgehead atoms. The third-order valence-corrected chi connectivity index (χ3v) is 3.76. The highest BCUT2D eigenvalue weighted by molar-refractivity contribution is 7.94. The molecule has 18 heavy (non-hydrogen) atoms. The molecule has 0 fully saturated rings. The number of carbonyl (C=O) groups excluding carboxylic acids is 1. The van der Waals surface area contributed by atoms with Crippen LogP contribution in [0.4, 0.5) is 10.5 Å². The molecule has 0 heterocycles. The lowest BCUT2D eigenvalue weighted by Gasteiger charge is -2.24. The third-order valence-electron chi connectivity index (χ3n) is 1.92. The fraction of sp³-hybridized carbons (Fsp3) is 0.364. The Morgan fingerprint density at radius 1 is 1.50 bits per heavy atom. The average Bonchev–Trinajstić information content (AvgIpc) is 2.20. The first-order valence-corrected chi connectivity index (χ1v) is 6.68. The quantitative estimate of drug-likeness (QED) is 0.838. The maximum Gasteiger partial charge on any atom is 0.409 e. The number of hydrogen-bond donors (Lipinski definition) is 2. The van der Waals surface area contributed by atoms with Crippen molar-refractivity contribution in [1.29, 1.82) is 0 Å². The number of carbonyl (C=O) groups is 1. The summed E-state index contributed by atoms with van der Waals surface area (Å²) in [7, 11) is 0. The molecular weight excluding hydrogens is 276 g/mol. The monoisotopic (exact) mass is 290 g/mol. The smallest absolute Gasteiger partial charge is 0.409 e. The SMILES string of the molecule is CC(C)(C)[S+]([O-])Nc1cc(OC(N)=O)ccc1Cl. The lowest BCUT2D eigenvalue weighted by atomic mass is 10.3. The number of primary amides is 1. The summed E-state index contributed by atoms with van der Waals surface area (Å²) < 4.78 is 19.0. The number of rotatable bonds is 3. The number of hydrogen-bond acceptors (Lipinski definition) is 4. The van der Waals surface area contributed by atoms with E-state index in [2.05, 4.69) is 4.72 Å². The normalized spacial score (nSPS) is 12.9. The molecule has 0 aliphatic rings. The van der Waals surface area contributed by atoms with Crippen LogP contribution in [0.25, 0.3) is 0 Å². The van der Waals surface area contributed by atoms with Gasteiger partial charge in [0.05, 0.1) is 16.4 Å². The standard InChI is InChI=1S/C11H15ClN2O3S/c1-11(2,3)18(16)14-9-6-7(17-10(13)15)4-5-8(9)12/h4-6,14H,1-3H3,(H2,13,15). The van der Waals surface area contributed by atoms with E-state index in [4.69, 9.17) is 22.1 Å². The molecule has 1 aromatic carbocycles. The van der Waals surface area contributed by atoms with E-state index < -0.39 is 22.2 Å². The Morgan fingerprint density at radius 2 is 2.11 bits per heavy atom. The minimum atomic E-state index is -1.33. The molecule has 7 heteroatoms. The molecule has 0 saturated carbocycles. The Labute approximate surface area is 114 Å². The Balaban J connectivity index is 2.91.